The number of amides is 1. The summed E-state index contributed by atoms with van der Waals surface area (Å²) in [7, 11) is 0. The molecule has 1 aliphatic rings. The maximum Gasteiger partial charge on any atom is 0.270 e. The van der Waals surface area contributed by atoms with E-state index in [1.165, 1.54) is 0 Å². The maximum absolute atomic E-state index is 13.0. The number of aliphatic hydroxyl groups excluding tert-OH is 1. The first-order chi connectivity index (χ1) is 16.2. The second kappa shape index (κ2) is 9.42. The van der Waals surface area contributed by atoms with Gasteiger partial charge in [0.2, 0.25) is 0 Å². The largest absolute Gasteiger partial charge is 0.391 e. The molecule has 0 bridgehead atoms. The molecule has 1 saturated carbocycles. The van der Waals surface area contributed by atoms with E-state index >= 15 is 0 Å². The zero-order valence-electron chi connectivity index (χ0n) is 18.2. The van der Waals surface area contributed by atoms with Crippen molar-refractivity contribution in [2.75, 3.05) is 0 Å². The summed E-state index contributed by atoms with van der Waals surface area (Å²) in [5.41, 5.74) is 4.65. The third kappa shape index (κ3) is 4.73. The van der Waals surface area contributed by atoms with Crippen LogP contribution in [0.3, 0.4) is 0 Å². The first-order valence-corrected chi connectivity index (χ1v) is 11.3. The zero-order chi connectivity index (χ0) is 22.6. The highest BCUT2D eigenvalue weighted by molar-refractivity contribution is 5.96. The molecule has 0 saturated heterocycles. The Morgan fingerprint density at radius 3 is 2.67 bits per heavy atom. The van der Waals surface area contributed by atoms with Crippen LogP contribution in [0.1, 0.15) is 47.3 Å². The predicted molar refractivity (Wildman–Crippen MR) is 126 cm³/mol. The van der Waals surface area contributed by atoms with Gasteiger partial charge in [-0.3, -0.25) is 19.7 Å². The second-order valence-corrected chi connectivity index (χ2v) is 8.43. The minimum atomic E-state index is -0.499. The SMILES string of the molecule is O=C(NC1CCCC[C@@H]1O)c1cc(Cc2ccc(-c3cnccn3)nc2)c2ccccc2n1. The Kier molecular flexibility index (Phi) is 6.04. The summed E-state index contributed by atoms with van der Waals surface area (Å²) in [6.07, 6.45) is 10.4. The van der Waals surface area contributed by atoms with Crippen LogP contribution in [-0.4, -0.2) is 43.1 Å². The lowest BCUT2D eigenvalue weighted by atomic mass is 9.92. The standard InChI is InChI=1S/C26H25N5O2/c32-25-8-4-3-7-22(25)31-26(33)23-14-18(19-5-1-2-6-20(19)30-23)13-17-9-10-21(29-15-17)24-16-27-11-12-28-24/h1-2,5-6,9-12,14-16,22,25,32H,3-4,7-8,13H2,(H,31,33)/t22?,25-/m0/s1. The molecule has 2 N–H and O–H groups in total. The fourth-order valence-electron chi connectivity index (χ4n) is 4.36. The van der Waals surface area contributed by atoms with Crippen LogP contribution in [-0.2, 0) is 6.42 Å². The number of nitrogens with one attached hydrogen (secondary N) is 1. The fourth-order valence-corrected chi connectivity index (χ4v) is 4.36. The highest BCUT2D eigenvalue weighted by Gasteiger charge is 2.25. The predicted octanol–water partition coefficient (Wildman–Crippen LogP) is 3.71. The molecule has 2 atom stereocenters. The van der Waals surface area contributed by atoms with Gasteiger partial charge < -0.3 is 10.4 Å². The number of hydrogen-bond donors (Lipinski definition) is 2. The van der Waals surface area contributed by atoms with Gasteiger partial charge in [0.25, 0.3) is 5.91 Å². The molecule has 1 aliphatic carbocycles. The van der Waals surface area contributed by atoms with Crippen molar-refractivity contribution in [1.29, 1.82) is 0 Å². The number of para-hydroxylation sites is 1. The first-order valence-electron chi connectivity index (χ1n) is 11.3. The van der Waals surface area contributed by atoms with E-state index in [0.717, 1.165) is 59.1 Å². The molecule has 4 aromatic rings. The number of hydrogen-bond acceptors (Lipinski definition) is 6. The van der Waals surface area contributed by atoms with Gasteiger partial charge in [0, 0.05) is 24.0 Å². The molecule has 33 heavy (non-hydrogen) atoms. The molecule has 1 aromatic carbocycles. The Morgan fingerprint density at radius 2 is 1.88 bits per heavy atom. The monoisotopic (exact) mass is 439 g/mol. The fraction of sp³-hybridized carbons (Fsp3) is 0.269. The Morgan fingerprint density at radius 1 is 1.00 bits per heavy atom. The number of aliphatic hydroxyl groups is 1. The van der Waals surface area contributed by atoms with Crippen LogP contribution in [0.2, 0.25) is 0 Å². The van der Waals surface area contributed by atoms with Crippen molar-refractivity contribution in [2.24, 2.45) is 0 Å². The topological polar surface area (TPSA) is 101 Å². The zero-order valence-corrected chi connectivity index (χ0v) is 18.2. The van der Waals surface area contributed by atoms with Crippen molar-refractivity contribution in [2.45, 2.75) is 44.2 Å². The van der Waals surface area contributed by atoms with Gasteiger partial charge in [-0.1, -0.05) is 37.1 Å². The lowest BCUT2D eigenvalue weighted by Gasteiger charge is -2.28. The van der Waals surface area contributed by atoms with E-state index < -0.39 is 6.10 Å². The number of nitrogens with zero attached hydrogens (tertiary/aromatic N) is 4. The number of pyridine rings is 2. The van der Waals surface area contributed by atoms with Crippen LogP contribution in [0.5, 0.6) is 0 Å². The normalized spacial score (nSPS) is 18.2. The molecule has 0 aliphatic heterocycles. The summed E-state index contributed by atoms with van der Waals surface area (Å²) >= 11 is 0. The molecule has 1 unspecified atom stereocenters. The minimum absolute atomic E-state index is 0.221. The Bertz CT molecular complexity index is 1260. The quantitative estimate of drug-likeness (QED) is 0.492. The van der Waals surface area contributed by atoms with Crippen molar-refractivity contribution in [3.05, 3.63) is 84.1 Å². The summed E-state index contributed by atoms with van der Waals surface area (Å²) in [6.45, 7) is 0. The van der Waals surface area contributed by atoms with Gasteiger partial charge in [-0.25, -0.2) is 4.98 Å². The highest BCUT2D eigenvalue weighted by atomic mass is 16.3. The van der Waals surface area contributed by atoms with Crippen molar-refractivity contribution in [3.8, 4) is 11.4 Å². The van der Waals surface area contributed by atoms with Crippen LogP contribution >= 0.6 is 0 Å². The van der Waals surface area contributed by atoms with E-state index in [-0.39, 0.29) is 11.9 Å². The molecular weight excluding hydrogens is 414 g/mol. The third-order valence-electron chi connectivity index (χ3n) is 6.13. The number of fused-ring (bicyclic) bond motifs is 1. The summed E-state index contributed by atoms with van der Waals surface area (Å²) in [6, 6.07) is 13.4. The van der Waals surface area contributed by atoms with Crippen LogP contribution < -0.4 is 5.32 Å². The van der Waals surface area contributed by atoms with E-state index in [9.17, 15) is 9.90 Å². The Labute approximate surface area is 192 Å². The molecule has 0 radical (unpaired) electrons. The van der Waals surface area contributed by atoms with E-state index in [0.29, 0.717) is 12.1 Å². The molecule has 1 fully saturated rings. The van der Waals surface area contributed by atoms with Crippen LogP contribution in [0.4, 0.5) is 0 Å². The Hall–Kier alpha value is -3.71. The Balaban J connectivity index is 1.42. The van der Waals surface area contributed by atoms with Gasteiger partial charge in [0.05, 0.1) is 29.6 Å². The first kappa shape index (κ1) is 21.2. The minimum Gasteiger partial charge on any atom is -0.391 e. The van der Waals surface area contributed by atoms with Gasteiger partial charge in [-0.05, 0) is 48.6 Å². The van der Waals surface area contributed by atoms with Gasteiger partial charge >= 0.3 is 0 Å². The maximum atomic E-state index is 13.0. The number of carbonyl (C=O) groups is 1. The smallest absolute Gasteiger partial charge is 0.270 e. The molecule has 3 heterocycles. The van der Waals surface area contributed by atoms with Gasteiger partial charge in [0.1, 0.15) is 11.4 Å². The molecule has 7 heteroatoms. The summed E-state index contributed by atoms with van der Waals surface area (Å²) in [5, 5.41) is 14.2. The van der Waals surface area contributed by atoms with Crippen LogP contribution in [0, 0.1) is 0 Å². The van der Waals surface area contributed by atoms with E-state index in [1.807, 2.05) is 48.7 Å². The van der Waals surface area contributed by atoms with Crippen LogP contribution in [0.25, 0.3) is 22.3 Å². The molecule has 166 valence electrons. The van der Waals surface area contributed by atoms with Gasteiger partial charge in [-0.2, -0.15) is 0 Å². The van der Waals surface area contributed by atoms with Gasteiger partial charge in [0.15, 0.2) is 0 Å². The third-order valence-corrected chi connectivity index (χ3v) is 6.13. The molecule has 3 aromatic heterocycles. The highest BCUT2D eigenvalue weighted by Crippen LogP contribution is 2.23. The summed E-state index contributed by atoms with van der Waals surface area (Å²) in [4.78, 5) is 30.5. The number of benzene rings is 1. The van der Waals surface area contributed by atoms with Gasteiger partial charge in [-0.15, -0.1) is 0 Å². The second-order valence-electron chi connectivity index (χ2n) is 8.43. The molecular formula is C26H25N5O2. The van der Waals surface area contributed by atoms with Crippen molar-refractivity contribution >= 4 is 16.8 Å². The van der Waals surface area contributed by atoms with Crippen molar-refractivity contribution in [3.63, 3.8) is 0 Å². The summed E-state index contributed by atoms with van der Waals surface area (Å²) < 4.78 is 0. The average Bonchev–Trinajstić information content (AvgIpc) is 2.86. The molecule has 7 nitrogen and oxygen atoms in total. The lowest BCUT2D eigenvalue weighted by Crippen LogP contribution is -2.45. The molecule has 0 spiro atoms. The summed E-state index contributed by atoms with van der Waals surface area (Å²) in [5.74, 6) is -0.246. The lowest BCUT2D eigenvalue weighted by molar-refractivity contribution is 0.0714. The number of carbonyl (C=O) groups excluding carboxylic acids is 1. The number of rotatable bonds is 5. The molecule has 5 rings (SSSR count). The van der Waals surface area contributed by atoms with Crippen molar-refractivity contribution in [1.82, 2.24) is 25.3 Å². The van der Waals surface area contributed by atoms with Crippen LogP contribution in [0.15, 0.2) is 67.3 Å². The average molecular weight is 440 g/mol. The van der Waals surface area contributed by atoms with E-state index in [1.54, 1.807) is 18.6 Å². The van der Waals surface area contributed by atoms with E-state index in [2.05, 4.69) is 25.3 Å². The molecule has 1 amide bonds. The van der Waals surface area contributed by atoms with E-state index in [4.69, 9.17) is 0 Å². The van der Waals surface area contributed by atoms with Crippen molar-refractivity contribution < 1.29 is 9.90 Å². The number of aromatic nitrogens is 4.